The van der Waals surface area contributed by atoms with Crippen LogP contribution in [-0.4, -0.2) is 46.9 Å². The second-order valence-electron chi connectivity index (χ2n) is 7.67. The Hall–Kier alpha value is -2.95. The van der Waals surface area contributed by atoms with E-state index in [0.29, 0.717) is 35.1 Å². The van der Waals surface area contributed by atoms with Crippen LogP contribution in [0.15, 0.2) is 57.4 Å². The van der Waals surface area contributed by atoms with E-state index in [0.717, 1.165) is 29.0 Å². The summed E-state index contributed by atoms with van der Waals surface area (Å²) in [5.41, 5.74) is 2.89. The smallest absolute Gasteiger partial charge is 0.268 e. The second-order valence-corrected chi connectivity index (χ2v) is 10.8. The van der Waals surface area contributed by atoms with Crippen molar-refractivity contribution in [3.63, 3.8) is 0 Å². The van der Waals surface area contributed by atoms with Gasteiger partial charge in [0, 0.05) is 12.1 Å². The Bertz CT molecular complexity index is 1340. The molecule has 164 valence electrons. The van der Waals surface area contributed by atoms with Crippen LogP contribution in [0.4, 0.5) is 0 Å². The maximum Gasteiger partial charge on any atom is 0.268 e. The van der Waals surface area contributed by atoms with E-state index in [1.807, 2.05) is 18.4 Å². The fraction of sp³-hybridized carbons (Fsp3) is 0.273. The number of hydrogen-bond acceptors (Lipinski definition) is 9. The molecule has 1 atom stereocenters. The van der Waals surface area contributed by atoms with E-state index in [9.17, 15) is 8.42 Å². The molecule has 1 unspecified atom stereocenters. The number of nitrogens with one attached hydrogen (secondary N) is 1. The summed E-state index contributed by atoms with van der Waals surface area (Å²) in [7, 11) is -3.37. The van der Waals surface area contributed by atoms with E-state index in [1.54, 1.807) is 36.7 Å². The van der Waals surface area contributed by atoms with Gasteiger partial charge in [0.15, 0.2) is 9.84 Å². The minimum atomic E-state index is -3.37. The van der Waals surface area contributed by atoms with Crippen LogP contribution in [0, 0.1) is 6.92 Å². The molecule has 4 aromatic rings. The largest absolute Gasteiger partial charge is 0.414 e. The molecule has 0 aliphatic carbocycles. The third-order valence-corrected chi connectivity index (χ3v) is 8.72. The topological polar surface area (TPSA) is 111 Å². The van der Waals surface area contributed by atoms with Crippen molar-refractivity contribution in [2.24, 2.45) is 0 Å². The zero-order chi connectivity index (χ0) is 22.1. The summed E-state index contributed by atoms with van der Waals surface area (Å²) in [5, 5.41) is 13.0. The first kappa shape index (κ1) is 20.9. The van der Waals surface area contributed by atoms with E-state index < -0.39 is 9.84 Å². The predicted octanol–water partition coefficient (Wildman–Crippen LogP) is 3.76. The maximum atomic E-state index is 12.9. The van der Waals surface area contributed by atoms with Crippen LogP contribution in [0.5, 0.6) is 0 Å². The van der Waals surface area contributed by atoms with Gasteiger partial charge in [-0.2, -0.15) is 0 Å². The van der Waals surface area contributed by atoms with Crippen molar-refractivity contribution in [2.75, 3.05) is 13.1 Å². The van der Waals surface area contributed by atoms with Crippen molar-refractivity contribution in [1.29, 1.82) is 0 Å². The number of piperidine rings is 1. The molecular formula is C22H21N5O3S2. The first-order valence-corrected chi connectivity index (χ1v) is 12.7. The first-order valence-electron chi connectivity index (χ1n) is 10.3. The molecule has 1 aliphatic heterocycles. The fourth-order valence-corrected chi connectivity index (χ4v) is 6.27. The lowest BCUT2D eigenvalue weighted by Gasteiger charge is -2.22. The predicted molar refractivity (Wildman–Crippen MR) is 122 cm³/mol. The molecule has 10 heteroatoms. The molecule has 0 bridgehead atoms. The van der Waals surface area contributed by atoms with Gasteiger partial charge in [0.2, 0.25) is 0 Å². The summed E-state index contributed by atoms with van der Waals surface area (Å²) in [6.07, 6.45) is 4.74. The summed E-state index contributed by atoms with van der Waals surface area (Å²) in [4.78, 5) is 10.1. The number of rotatable bonds is 5. The minimum Gasteiger partial charge on any atom is -0.414 e. The van der Waals surface area contributed by atoms with E-state index in [1.165, 1.54) is 11.3 Å². The van der Waals surface area contributed by atoms with Gasteiger partial charge in [-0.3, -0.25) is 4.98 Å². The first-order chi connectivity index (χ1) is 15.5. The molecule has 4 heterocycles. The van der Waals surface area contributed by atoms with Gasteiger partial charge in [0.05, 0.1) is 33.1 Å². The SMILES string of the molecule is Cc1ccsc1-c1nnc(-c2cncc(-c3ccc(S(=O)(=O)C4CCCNC4)cc3)n2)o1. The lowest BCUT2D eigenvalue weighted by atomic mass is 10.1. The Labute approximate surface area is 189 Å². The number of benzene rings is 1. The highest BCUT2D eigenvalue weighted by Crippen LogP contribution is 2.30. The summed E-state index contributed by atoms with van der Waals surface area (Å²) in [6, 6.07) is 8.78. The van der Waals surface area contributed by atoms with Gasteiger partial charge >= 0.3 is 0 Å². The van der Waals surface area contributed by atoms with Crippen molar-refractivity contribution in [3.05, 3.63) is 53.7 Å². The van der Waals surface area contributed by atoms with Crippen LogP contribution in [0.25, 0.3) is 33.6 Å². The van der Waals surface area contributed by atoms with Crippen LogP contribution >= 0.6 is 11.3 Å². The van der Waals surface area contributed by atoms with Gasteiger partial charge < -0.3 is 9.73 Å². The third-order valence-electron chi connectivity index (χ3n) is 5.50. The molecule has 3 aromatic heterocycles. The van der Waals surface area contributed by atoms with Gasteiger partial charge in [-0.05, 0) is 55.5 Å². The maximum absolute atomic E-state index is 12.9. The average Bonchev–Trinajstić information content (AvgIpc) is 3.49. The highest BCUT2D eigenvalue weighted by atomic mass is 32.2. The van der Waals surface area contributed by atoms with Crippen molar-refractivity contribution in [1.82, 2.24) is 25.5 Å². The molecule has 1 aromatic carbocycles. The normalized spacial score (nSPS) is 16.8. The number of hydrogen-bond donors (Lipinski definition) is 1. The van der Waals surface area contributed by atoms with Crippen LogP contribution < -0.4 is 5.32 Å². The number of sulfone groups is 1. The summed E-state index contributed by atoms with van der Waals surface area (Å²) in [6.45, 7) is 3.36. The second kappa shape index (κ2) is 8.53. The molecule has 0 amide bonds. The summed E-state index contributed by atoms with van der Waals surface area (Å²) in [5.74, 6) is 0.734. The van der Waals surface area contributed by atoms with E-state index in [2.05, 4.69) is 25.5 Å². The van der Waals surface area contributed by atoms with Gasteiger partial charge in [-0.25, -0.2) is 13.4 Å². The van der Waals surface area contributed by atoms with Crippen molar-refractivity contribution in [2.45, 2.75) is 29.9 Å². The lowest BCUT2D eigenvalue weighted by molar-refractivity contribution is 0.497. The average molecular weight is 468 g/mol. The number of aromatic nitrogens is 4. The molecule has 1 fully saturated rings. The van der Waals surface area contributed by atoms with Crippen LogP contribution in [-0.2, 0) is 9.84 Å². The number of thiophene rings is 1. The molecule has 5 rings (SSSR count). The van der Waals surface area contributed by atoms with Crippen molar-refractivity contribution >= 4 is 21.2 Å². The van der Waals surface area contributed by atoms with Crippen molar-refractivity contribution < 1.29 is 12.8 Å². The zero-order valence-corrected chi connectivity index (χ0v) is 19.0. The number of aryl methyl sites for hydroxylation is 1. The molecule has 1 N–H and O–H groups in total. The molecule has 0 spiro atoms. The Morgan fingerprint density at radius 3 is 2.56 bits per heavy atom. The van der Waals surface area contributed by atoms with Crippen molar-refractivity contribution in [3.8, 4) is 33.6 Å². The molecular weight excluding hydrogens is 446 g/mol. The van der Waals surface area contributed by atoms with E-state index in [-0.39, 0.29) is 11.1 Å². The Morgan fingerprint density at radius 1 is 1.06 bits per heavy atom. The Kier molecular flexibility index (Phi) is 5.58. The Morgan fingerprint density at radius 2 is 1.84 bits per heavy atom. The molecule has 0 saturated carbocycles. The molecule has 8 nitrogen and oxygen atoms in total. The van der Waals surface area contributed by atoms with E-state index >= 15 is 0 Å². The lowest BCUT2D eigenvalue weighted by Crippen LogP contribution is -2.38. The molecule has 32 heavy (non-hydrogen) atoms. The Balaban J connectivity index is 1.40. The third kappa shape index (κ3) is 3.96. The van der Waals surface area contributed by atoms with Gasteiger partial charge in [0.25, 0.3) is 11.8 Å². The van der Waals surface area contributed by atoms with Gasteiger partial charge in [0.1, 0.15) is 5.69 Å². The van der Waals surface area contributed by atoms with Crippen LogP contribution in [0.3, 0.4) is 0 Å². The summed E-state index contributed by atoms with van der Waals surface area (Å²) < 4.78 is 31.6. The monoisotopic (exact) mass is 467 g/mol. The fourth-order valence-electron chi connectivity index (χ4n) is 3.71. The molecule has 1 aliphatic rings. The van der Waals surface area contributed by atoms with Crippen LogP contribution in [0.1, 0.15) is 18.4 Å². The van der Waals surface area contributed by atoms with E-state index in [4.69, 9.17) is 4.42 Å². The zero-order valence-electron chi connectivity index (χ0n) is 17.4. The molecule has 1 saturated heterocycles. The highest BCUT2D eigenvalue weighted by molar-refractivity contribution is 7.92. The highest BCUT2D eigenvalue weighted by Gasteiger charge is 2.28. The minimum absolute atomic E-state index is 0.283. The standard InChI is InChI=1S/C22H21N5O3S2/c1-14-8-10-31-20(14)22-27-26-21(30-22)19-13-24-12-18(25-19)15-4-6-16(7-5-15)32(28,29)17-3-2-9-23-11-17/h4-8,10,12-13,17,23H,2-3,9,11H2,1H3. The number of nitrogens with zero attached hydrogens (tertiary/aromatic N) is 4. The summed E-state index contributed by atoms with van der Waals surface area (Å²) >= 11 is 1.54. The quantitative estimate of drug-likeness (QED) is 0.472. The molecule has 0 radical (unpaired) electrons. The van der Waals surface area contributed by atoms with Gasteiger partial charge in [-0.1, -0.05) is 12.1 Å². The van der Waals surface area contributed by atoms with Crippen LogP contribution in [0.2, 0.25) is 0 Å². The van der Waals surface area contributed by atoms with Gasteiger partial charge in [-0.15, -0.1) is 21.5 Å².